The summed E-state index contributed by atoms with van der Waals surface area (Å²) in [6, 6.07) is 7.12. The summed E-state index contributed by atoms with van der Waals surface area (Å²) in [6.07, 6.45) is -0.0728. The topological polar surface area (TPSA) is 148 Å². The monoisotopic (exact) mass is 388 g/mol. The third kappa shape index (κ3) is 8.31. The molecule has 0 saturated carbocycles. The second-order valence-corrected chi connectivity index (χ2v) is 6.55. The summed E-state index contributed by atoms with van der Waals surface area (Å²) in [4.78, 5) is 46.9. The molecule has 0 aromatic heterocycles. The Morgan fingerprint density at radius 2 is 1.89 bits per heavy atom. The number of amides is 3. The van der Waals surface area contributed by atoms with Gasteiger partial charge in [-0.15, -0.1) is 0 Å². The van der Waals surface area contributed by atoms with Gasteiger partial charge >= 0.3 is 5.97 Å². The number of hydrogen-bond donors (Lipinski definition) is 4. The van der Waals surface area contributed by atoms with Gasteiger partial charge in [0.1, 0.15) is 12.6 Å². The van der Waals surface area contributed by atoms with Crippen molar-refractivity contribution in [1.29, 1.82) is 5.26 Å². The zero-order chi connectivity index (χ0) is 21.1. The number of benzene rings is 1. The van der Waals surface area contributed by atoms with Gasteiger partial charge < -0.3 is 21.1 Å². The first kappa shape index (κ1) is 22.6. The van der Waals surface area contributed by atoms with Crippen molar-refractivity contribution in [3.05, 3.63) is 29.8 Å². The normalized spacial score (nSPS) is 11.2. The number of nitriles is 1. The lowest BCUT2D eigenvalue weighted by Crippen LogP contribution is -2.47. The molecule has 28 heavy (non-hydrogen) atoms. The van der Waals surface area contributed by atoms with E-state index in [-0.39, 0.29) is 30.9 Å². The van der Waals surface area contributed by atoms with Crippen molar-refractivity contribution in [3.63, 3.8) is 0 Å². The molecule has 1 atom stereocenters. The maximum Gasteiger partial charge on any atom is 0.303 e. The number of rotatable bonds is 10. The van der Waals surface area contributed by atoms with E-state index in [9.17, 15) is 19.2 Å². The van der Waals surface area contributed by atoms with E-state index in [4.69, 9.17) is 10.4 Å². The van der Waals surface area contributed by atoms with Gasteiger partial charge in [0, 0.05) is 17.7 Å². The van der Waals surface area contributed by atoms with Crippen LogP contribution in [-0.2, 0) is 14.4 Å². The van der Waals surface area contributed by atoms with Gasteiger partial charge in [-0.1, -0.05) is 19.9 Å². The van der Waals surface area contributed by atoms with E-state index in [1.54, 1.807) is 12.1 Å². The molecule has 0 heterocycles. The average Bonchev–Trinajstić information content (AvgIpc) is 2.63. The Kier molecular flexibility index (Phi) is 9.16. The van der Waals surface area contributed by atoms with Crippen molar-refractivity contribution in [2.45, 2.75) is 39.2 Å². The van der Waals surface area contributed by atoms with Crippen molar-refractivity contribution in [1.82, 2.24) is 10.6 Å². The molecule has 0 aliphatic rings. The minimum absolute atomic E-state index is 0.137. The van der Waals surface area contributed by atoms with Crippen molar-refractivity contribution in [2.24, 2.45) is 5.92 Å². The molecule has 4 N–H and O–H groups in total. The van der Waals surface area contributed by atoms with E-state index < -0.39 is 29.7 Å². The minimum atomic E-state index is -1.07. The van der Waals surface area contributed by atoms with E-state index in [1.165, 1.54) is 12.1 Å². The lowest BCUT2D eigenvalue weighted by atomic mass is 10.0. The standard InChI is InChI=1S/C19H24N4O5/c1-12(2)10-15(19(28)21-9-8-20)23-18(27)13-4-3-5-14(11-13)22-16(24)6-7-17(25)26/h3-5,11-12,15H,6-7,9-10H2,1-2H3,(H,21,28)(H,22,24)(H,23,27)(H,25,26). The molecule has 0 spiro atoms. The van der Waals surface area contributed by atoms with Gasteiger partial charge in [-0.3, -0.25) is 19.2 Å². The molecule has 0 aliphatic heterocycles. The largest absolute Gasteiger partial charge is 0.481 e. The Labute approximate surface area is 163 Å². The first-order chi connectivity index (χ1) is 13.2. The molecule has 150 valence electrons. The summed E-state index contributed by atoms with van der Waals surface area (Å²) < 4.78 is 0. The highest BCUT2D eigenvalue weighted by Crippen LogP contribution is 2.13. The quantitative estimate of drug-likeness (QED) is 0.444. The zero-order valence-corrected chi connectivity index (χ0v) is 15.8. The van der Waals surface area contributed by atoms with Crippen LogP contribution in [0.3, 0.4) is 0 Å². The van der Waals surface area contributed by atoms with E-state index in [0.29, 0.717) is 12.1 Å². The summed E-state index contributed by atoms with van der Waals surface area (Å²) in [5.74, 6) is -2.36. The van der Waals surface area contributed by atoms with Crippen LogP contribution in [0.5, 0.6) is 0 Å². The molecule has 0 aliphatic carbocycles. The third-order valence-corrected chi connectivity index (χ3v) is 3.65. The van der Waals surface area contributed by atoms with Crippen LogP contribution in [0.15, 0.2) is 24.3 Å². The molecule has 0 saturated heterocycles. The number of nitrogens with zero attached hydrogens (tertiary/aromatic N) is 1. The number of carboxylic acids is 1. The van der Waals surface area contributed by atoms with Crippen LogP contribution in [0.4, 0.5) is 5.69 Å². The third-order valence-electron chi connectivity index (χ3n) is 3.65. The van der Waals surface area contributed by atoms with Gasteiger partial charge in [0.05, 0.1) is 12.5 Å². The number of hydrogen-bond acceptors (Lipinski definition) is 5. The predicted octanol–water partition coefficient (Wildman–Crippen LogP) is 1.27. The lowest BCUT2D eigenvalue weighted by Gasteiger charge is -2.19. The highest BCUT2D eigenvalue weighted by atomic mass is 16.4. The molecule has 9 heteroatoms. The van der Waals surface area contributed by atoms with Gasteiger partial charge in [-0.2, -0.15) is 5.26 Å². The Balaban J connectivity index is 2.81. The molecule has 3 amide bonds. The number of carbonyl (C=O) groups is 4. The van der Waals surface area contributed by atoms with Crippen LogP contribution >= 0.6 is 0 Å². The lowest BCUT2D eigenvalue weighted by molar-refractivity contribution is -0.138. The molecular formula is C19H24N4O5. The average molecular weight is 388 g/mol. The van der Waals surface area contributed by atoms with Crippen molar-refractivity contribution in [3.8, 4) is 6.07 Å². The van der Waals surface area contributed by atoms with Crippen LogP contribution in [0.1, 0.15) is 43.5 Å². The summed E-state index contributed by atoms with van der Waals surface area (Å²) >= 11 is 0. The van der Waals surface area contributed by atoms with Crippen LogP contribution in [-0.4, -0.2) is 41.4 Å². The number of aliphatic carboxylic acids is 1. The first-order valence-electron chi connectivity index (χ1n) is 8.80. The van der Waals surface area contributed by atoms with Crippen molar-refractivity contribution in [2.75, 3.05) is 11.9 Å². The Hall–Kier alpha value is -3.41. The molecule has 1 unspecified atom stereocenters. The molecule has 9 nitrogen and oxygen atoms in total. The summed E-state index contributed by atoms with van der Waals surface area (Å²) in [7, 11) is 0. The molecule has 1 aromatic carbocycles. The Morgan fingerprint density at radius 3 is 2.50 bits per heavy atom. The van der Waals surface area contributed by atoms with Gasteiger partial charge in [0.15, 0.2) is 0 Å². The zero-order valence-electron chi connectivity index (χ0n) is 15.8. The maximum atomic E-state index is 12.5. The fourth-order valence-electron chi connectivity index (χ4n) is 2.38. The number of nitrogens with one attached hydrogen (secondary N) is 3. The van der Waals surface area contributed by atoms with E-state index in [1.807, 2.05) is 19.9 Å². The van der Waals surface area contributed by atoms with E-state index >= 15 is 0 Å². The molecule has 0 bridgehead atoms. The van der Waals surface area contributed by atoms with Gasteiger partial charge in [-0.25, -0.2) is 0 Å². The van der Waals surface area contributed by atoms with Gasteiger partial charge in [-0.05, 0) is 30.5 Å². The second kappa shape index (κ2) is 11.3. The molecule has 0 radical (unpaired) electrons. The molecule has 1 aromatic rings. The summed E-state index contributed by atoms with van der Waals surface area (Å²) in [5.41, 5.74) is 0.579. The molecule has 0 fully saturated rings. The van der Waals surface area contributed by atoms with Crippen molar-refractivity contribution < 1.29 is 24.3 Å². The van der Waals surface area contributed by atoms with Crippen molar-refractivity contribution >= 4 is 29.4 Å². The fourth-order valence-corrected chi connectivity index (χ4v) is 2.38. The maximum absolute atomic E-state index is 12.5. The molecule has 1 rings (SSSR count). The number of carbonyl (C=O) groups excluding carboxylic acids is 3. The Morgan fingerprint density at radius 1 is 1.18 bits per heavy atom. The second-order valence-electron chi connectivity index (χ2n) is 6.55. The SMILES string of the molecule is CC(C)CC(NC(=O)c1cccc(NC(=O)CCC(=O)O)c1)C(=O)NCC#N. The van der Waals surface area contributed by atoms with Crippen LogP contribution < -0.4 is 16.0 Å². The summed E-state index contributed by atoms with van der Waals surface area (Å²) in [6.45, 7) is 3.66. The number of anilines is 1. The molecular weight excluding hydrogens is 364 g/mol. The first-order valence-corrected chi connectivity index (χ1v) is 8.80. The van der Waals surface area contributed by atoms with Gasteiger partial charge in [0.2, 0.25) is 11.8 Å². The fraction of sp³-hybridized carbons (Fsp3) is 0.421. The highest BCUT2D eigenvalue weighted by molar-refractivity contribution is 5.99. The highest BCUT2D eigenvalue weighted by Gasteiger charge is 2.22. The summed E-state index contributed by atoms with van der Waals surface area (Å²) in [5, 5.41) is 24.8. The predicted molar refractivity (Wildman–Crippen MR) is 101 cm³/mol. The minimum Gasteiger partial charge on any atom is -0.481 e. The Bertz CT molecular complexity index is 770. The smallest absolute Gasteiger partial charge is 0.303 e. The van der Waals surface area contributed by atoms with Crippen LogP contribution in [0.2, 0.25) is 0 Å². The van der Waals surface area contributed by atoms with Crippen LogP contribution in [0.25, 0.3) is 0 Å². The van der Waals surface area contributed by atoms with E-state index in [0.717, 1.165) is 0 Å². The van der Waals surface area contributed by atoms with E-state index in [2.05, 4.69) is 16.0 Å². The van der Waals surface area contributed by atoms with Crippen LogP contribution in [0, 0.1) is 17.2 Å². The van der Waals surface area contributed by atoms with Gasteiger partial charge in [0.25, 0.3) is 5.91 Å². The number of carboxylic acid groups (broad SMARTS) is 1.